The third kappa shape index (κ3) is 2.04. The fourth-order valence-electron chi connectivity index (χ4n) is 6.50. The number of rotatable bonds is 2. The maximum absolute atomic E-state index is 9.77. The van der Waals surface area contributed by atoms with Gasteiger partial charge in [-0.3, -0.25) is 0 Å². The number of aryl methyl sites for hydroxylation is 1. The van der Waals surface area contributed by atoms with E-state index >= 15 is 0 Å². The monoisotopic (exact) mass is 298 g/mol. The molecule has 0 saturated heterocycles. The van der Waals surface area contributed by atoms with E-state index in [9.17, 15) is 5.11 Å². The van der Waals surface area contributed by atoms with Crippen molar-refractivity contribution in [2.24, 2.45) is 23.2 Å². The summed E-state index contributed by atoms with van der Waals surface area (Å²) in [6.07, 6.45) is 11.0. The molecule has 1 aromatic rings. The van der Waals surface area contributed by atoms with Crippen molar-refractivity contribution in [1.82, 2.24) is 0 Å². The number of phenols is 1. The van der Waals surface area contributed by atoms with Gasteiger partial charge in [-0.1, -0.05) is 32.8 Å². The normalized spacial score (nSPS) is 39.9. The van der Waals surface area contributed by atoms with E-state index in [1.54, 1.807) is 5.56 Å². The Kier molecular flexibility index (Phi) is 3.51. The van der Waals surface area contributed by atoms with Crippen LogP contribution in [0.15, 0.2) is 18.2 Å². The molecule has 4 rings (SSSR count). The summed E-state index contributed by atoms with van der Waals surface area (Å²) in [6.45, 7) is 4.97. The maximum atomic E-state index is 9.77. The fourth-order valence-corrected chi connectivity index (χ4v) is 6.50. The standard InChI is InChI=1S/C21H30O/c1-3-4-15-6-10-20-19-8-5-14-13-16(22)7-9-17(14)18(19)11-12-21(15,20)2/h7,9,13,15,18-20,22H,3-6,8,10-12H2,1-2H3/t15-,18+,19+,20-,21+/m0/s1. The molecule has 120 valence electrons. The molecule has 2 fully saturated rings. The van der Waals surface area contributed by atoms with Crippen molar-refractivity contribution in [3.8, 4) is 5.75 Å². The van der Waals surface area contributed by atoms with Gasteiger partial charge >= 0.3 is 0 Å². The van der Waals surface area contributed by atoms with E-state index in [1.807, 2.05) is 12.1 Å². The predicted molar refractivity (Wildman–Crippen MR) is 91.1 cm³/mol. The fraction of sp³-hybridized carbons (Fsp3) is 0.714. The maximum Gasteiger partial charge on any atom is 0.115 e. The van der Waals surface area contributed by atoms with Crippen LogP contribution < -0.4 is 0 Å². The summed E-state index contributed by atoms with van der Waals surface area (Å²) in [5, 5.41) is 9.77. The topological polar surface area (TPSA) is 20.2 Å². The second-order valence-electron chi connectivity index (χ2n) is 8.41. The Morgan fingerprint density at radius 3 is 2.86 bits per heavy atom. The van der Waals surface area contributed by atoms with Crippen LogP contribution in [0.5, 0.6) is 5.75 Å². The molecule has 1 N–H and O–H groups in total. The van der Waals surface area contributed by atoms with Gasteiger partial charge in [-0.05, 0) is 90.9 Å². The Morgan fingerprint density at radius 2 is 2.05 bits per heavy atom. The van der Waals surface area contributed by atoms with Crippen molar-refractivity contribution in [2.45, 2.75) is 71.1 Å². The smallest absolute Gasteiger partial charge is 0.115 e. The van der Waals surface area contributed by atoms with Crippen LogP contribution in [-0.2, 0) is 6.42 Å². The molecule has 0 amide bonds. The van der Waals surface area contributed by atoms with Gasteiger partial charge in [-0.25, -0.2) is 0 Å². The van der Waals surface area contributed by atoms with E-state index < -0.39 is 0 Å². The molecule has 3 aliphatic carbocycles. The molecule has 3 aliphatic rings. The van der Waals surface area contributed by atoms with Gasteiger partial charge in [-0.2, -0.15) is 0 Å². The van der Waals surface area contributed by atoms with Crippen LogP contribution in [0.25, 0.3) is 0 Å². The summed E-state index contributed by atoms with van der Waals surface area (Å²) < 4.78 is 0. The number of hydrogen-bond acceptors (Lipinski definition) is 1. The number of hydrogen-bond donors (Lipinski definition) is 1. The van der Waals surface area contributed by atoms with Gasteiger partial charge < -0.3 is 5.11 Å². The van der Waals surface area contributed by atoms with Crippen LogP contribution in [0.2, 0.25) is 0 Å². The Balaban J connectivity index is 1.64. The van der Waals surface area contributed by atoms with E-state index in [0.29, 0.717) is 11.2 Å². The zero-order valence-electron chi connectivity index (χ0n) is 14.1. The van der Waals surface area contributed by atoms with Gasteiger partial charge in [0.05, 0.1) is 0 Å². The summed E-state index contributed by atoms with van der Waals surface area (Å²) in [5.41, 5.74) is 3.61. The van der Waals surface area contributed by atoms with Crippen molar-refractivity contribution < 1.29 is 5.11 Å². The summed E-state index contributed by atoms with van der Waals surface area (Å²) in [6, 6.07) is 6.15. The molecular weight excluding hydrogens is 268 g/mol. The van der Waals surface area contributed by atoms with Crippen molar-refractivity contribution in [3.05, 3.63) is 29.3 Å². The summed E-state index contributed by atoms with van der Waals surface area (Å²) >= 11 is 0. The van der Waals surface area contributed by atoms with Gasteiger partial charge in [0.15, 0.2) is 0 Å². The molecule has 0 aliphatic heterocycles. The predicted octanol–water partition coefficient (Wildman–Crippen LogP) is 5.66. The lowest BCUT2D eigenvalue weighted by Gasteiger charge is -2.51. The molecule has 0 radical (unpaired) electrons. The molecule has 0 unspecified atom stereocenters. The zero-order chi connectivity index (χ0) is 15.3. The van der Waals surface area contributed by atoms with Gasteiger partial charge in [0.1, 0.15) is 5.75 Å². The van der Waals surface area contributed by atoms with Gasteiger partial charge in [0.2, 0.25) is 0 Å². The second kappa shape index (κ2) is 5.28. The number of benzene rings is 1. The number of aromatic hydroxyl groups is 1. The lowest BCUT2D eigenvalue weighted by atomic mass is 9.54. The lowest BCUT2D eigenvalue weighted by molar-refractivity contribution is 0.0257. The van der Waals surface area contributed by atoms with Crippen LogP contribution in [0.1, 0.15) is 75.8 Å². The summed E-state index contributed by atoms with van der Waals surface area (Å²) in [4.78, 5) is 0. The highest BCUT2D eigenvalue weighted by atomic mass is 16.3. The highest BCUT2D eigenvalue weighted by Gasteiger charge is 2.54. The molecule has 1 nitrogen and oxygen atoms in total. The van der Waals surface area contributed by atoms with Crippen LogP contribution in [0.4, 0.5) is 0 Å². The van der Waals surface area contributed by atoms with E-state index in [1.165, 1.54) is 56.9 Å². The molecule has 5 atom stereocenters. The second-order valence-corrected chi connectivity index (χ2v) is 8.41. The Morgan fingerprint density at radius 1 is 1.18 bits per heavy atom. The van der Waals surface area contributed by atoms with E-state index in [2.05, 4.69) is 19.9 Å². The largest absolute Gasteiger partial charge is 0.508 e. The minimum atomic E-state index is 0.446. The molecule has 22 heavy (non-hydrogen) atoms. The molecular formula is C21H30O. The number of fused-ring (bicyclic) bond motifs is 5. The van der Waals surface area contributed by atoms with Crippen molar-refractivity contribution in [3.63, 3.8) is 0 Å². The van der Waals surface area contributed by atoms with Gasteiger partial charge in [0, 0.05) is 0 Å². The average Bonchev–Trinajstić information content (AvgIpc) is 2.84. The Bertz CT molecular complexity index is 563. The van der Waals surface area contributed by atoms with Crippen LogP contribution in [0, 0.1) is 23.2 Å². The molecule has 0 heterocycles. The molecule has 1 aromatic carbocycles. The molecule has 2 saturated carbocycles. The molecule has 0 aromatic heterocycles. The first-order valence-electron chi connectivity index (χ1n) is 9.45. The highest BCUT2D eigenvalue weighted by molar-refractivity contribution is 5.40. The zero-order valence-corrected chi connectivity index (χ0v) is 14.1. The quantitative estimate of drug-likeness (QED) is 0.746. The third-order valence-corrected chi connectivity index (χ3v) is 7.54. The van der Waals surface area contributed by atoms with Gasteiger partial charge in [-0.15, -0.1) is 0 Å². The van der Waals surface area contributed by atoms with Crippen LogP contribution in [-0.4, -0.2) is 5.11 Å². The SMILES string of the molecule is CCC[C@H]1CC[C@H]2[C@@H]3CCc4cc(O)ccc4[C@H]3CC[C@]12C. The number of phenolic OH excluding ortho intramolecular Hbond substituents is 1. The average molecular weight is 298 g/mol. The highest BCUT2D eigenvalue weighted by Crippen LogP contribution is 2.63. The van der Waals surface area contributed by atoms with E-state index in [4.69, 9.17) is 0 Å². The minimum Gasteiger partial charge on any atom is -0.508 e. The molecule has 0 spiro atoms. The van der Waals surface area contributed by atoms with Crippen LogP contribution >= 0.6 is 0 Å². The Labute approximate surface area is 135 Å². The summed E-state index contributed by atoms with van der Waals surface area (Å²) in [7, 11) is 0. The lowest BCUT2D eigenvalue weighted by Crippen LogP contribution is -2.42. The first-order chi connectivity index (χ1) is 10.6. The molecule has 1 heteroatoms. The van der Waals surface area contributed by atoms with Gasteiger partial charge in [0.25, 0.3) is 0 Å². The van der Waals surface area contributed by atoms with Crippen LogP contribution in [0.3, 0.4) is 0 Å². The first kappa shape index (κ1) is 14.6. The molecule has 0 bridgehead atoms. The minimum absolute atomic E-state index is 0.446. The van der Waals surface area contributed by atoms with Crippen molar-refractivity contribution >= 4 is 0 Å². The third-order valence-electron chi connectivity index (χ3n) is 7.54. The Hall–Kier alpha value is -0.980. The van der Waals surface area contributed by atoms with E-state index in [0.717, 1.165) is 23.7 Å². The summed E-state index contributed by atoms with van der Waals surface area (Å²) in [5.74, 6) is 4.04. The van der Waals surface area contributed by atoms with E-state index in [-0.39, 0.29) is 0 Å². The first-order valence-corrected chi connectivity index (χ1v) is 9.45. The van der Waals surface area contributed by atoms with Crippen molar-refractivity contribution in [2.75, 3.05) is 0 Å². The van der Waals surface area contributed by atoms with Crippen molar-refractivity contribution in [1.29, 1.82) is 0 Å².